The maximum Gasteiger partial charge on any atom is 0.411 e. The molecular weight excluding hydrogens is 354 g/mol. The van der Waals surface area contributed by atoms with Crippen LogP contribution in [0.15, 0.2) is 35.4 Å². The maximum absolute atomic E-state index is 12.5. The van der Waals surface area contributed by atoms with Gasteiger partial charge in [-0.1, -0.05) is 35.4 Å². The van der Waals surface area contributed by atoms with Gasteiger partial charge in [0.2, 0.25) is 0 Å². The molecule has 1 fully saturated rings. The number of hydrogen-bond donors (Lipinski definition) is 2. The number of aliphatic hydroxyl groups is 1. The molecule has 0 aromatic heterocycles. The van der Waals surface area contributed by atoms with Crippen LogP contribution in [-0.4, -0.2) is 52.3 Å². The number of benzene rings is 1. The van der Waals surface area contributed by atoms with Crippen molar-refractivity contribution in [2.75, 3.05) is 6.54 Å². The predicted molar refractivity (Wildman–Crippen MR) is 95.0 cm³/mol. The van der Waals surface area contributed by atoms with E-state index in [1.54, 1.807) is 20.8 Å². The molecule has 1 aliphatic rings. The number of hydrogen-bond acceptors (Lipinski definition) is 6. The number of rotatable bonds is 5. The highest BCUT2D eigenvalue weighted by Gasteiger charge is 2.48. The van der Waals surface area contributed by atoms with Crippen molar-refractivity contribution in [2.45, 2.75) is 51.2 Å². The highest BCUT2D eigenvalue weighted by Crippen LogP contribution is 2.24. The van der Waals surface area contributed by atoms with Crippen LogP contribution in [0.2, 0.25) is 0 Å². The first-order chi connectivity index (χ1) is 12.7. The first-order valence-electron chi connectivity index (χ1n) is 8.40. The molecule has 0 saturated carbocycles. The number of amides is 2. The lowest BCUT2D eigenvalue weighted by atomic mass is 10.1. The number of carbonyl (C=O) groups excluding carboxylic acids is 2. The number of aliphatic hydroxyl groups excluding tert-OH is 1. The quantitative estimate of drug-likeness (QED) is 0.349. The molecule has 1 aromatic carbocycles. The average molecular weight is 377 g/mol. The van der Waals surface area contributed by atoms with Crippen molar-refractivity contribution >= 4 is 12.0 Å². The monoisotopic (exact) mass is 377 g/mol. The van der Waals surface area contributed by atoms with E-state index >= 15 is 0 Å². The van der Waals surface area contributed by atoms with E-state index in [1.807, 2.05) is 30.3 Å². The predicted octanol–water partition coefficient (Wildman–Crippen LogP) is 1.89. The molecular formula is C17H23N5O5. The summed E-state index contributed by atoms with van der Waals surface area (Å²) in [5.41, 5.74) is 10.9. The molecule has 0 aliphatic carbocycles. The molecule has 0 spiro atoms. The van der Waals surface area contributed by atoms with Crippen molar-refractivity contribution < 1.29 is 24.3 Å². The number of hydroxylamine groups is 1. The van der Waals surface area contributed by atoms with Gasteiger partial charge in [-0.25, -0.2) is 10.3 Å². The lowest BCUT2D eigenvalue weighted by Crippen LogP contribution is -2.51. The van der Waals surface area contributed by atoms with Gasteiger partial charge in [0.05, 0.1) is 18.8 Å². The molecule has 3 atom stereocenters. The van der Waals surface area contributed by atoms with Crippen molar-refractivity contribution in [1.82, 2.24) is 10.4 Å². The second kappa shape index (κ2) is 8.72. The van der Waals surface area contributed by atoms with Crippen molar-refractivity contribution in [3.63, 3.8) is 0 Å². The van der Waals surface area contributed by atoms with Gasteiger partial charge in [-0.15, -0.1) is 0 Å². The van der Waals surface area contributed by atoms with E-state index in [4.69, 9.17) is 15.1 Å². The van der Waals surface area contributed by atoms with E-state index in [9.17, 15) is 14.7 Å². The summed E-state index contributed by atoms with van der Waals surface area (Å²) >= 11 is 0. The van der Waals surface area contributed by atoms with Gasteiger partial charge in [0.1, 0.15) is 11.6 Å². The van der Waals surface area contributed by atoms with E-state index in [0.29, 0.717) is 0 Å². The van der Waals surface area contributed by atoms with Crippen molar-refractivity contribution in [3.05, 3.63) is 46.3 Å². The number of azide groups is 1. The van der Waals surface area contributed by atoms with E-state index in [1.165, 1.54) is 0 Å². The molecule has 146 valence electrons. The second-order valence-corrected chi connectivity index (χ2v) is 7.08. The Bertz CT molecular complexity index is 714. The summed E-state index contributed by atoms with van der Waals surface area (Å²) in [5, 5.41) is 13.8. The lowest BCUT2D eigenvalue weighted by Gasteiger charge is -2.28. The summed E-state index contributed by atoms with van der Waals surface area (Å²) in [6.07, 6.45) is -2.17. The first-order valence-corrected chi connectivity index (χ1v) is 8.40. The van der Waals surface area contributed by atoms with Crippen LogP contribution in [0.4, 0.5) is 4.79 Å². The topological polar surface area (TPSA) is 137 Å². The van der Waals surface area contributed by atoms with Gasteiger partial charge in [0.15, 0.2) is 0 Å². The van der Waals surface area contributed by atoms with Gasteiger partial charge < -0.3 is 9.84 Å². The van der Waals surface area contributed by atoms with Crippen LogP contribution in [0.1, 0.15) is 26.3 Å². The van der Waals surface area contributed by atoms with E-state index in [-0.39, 0.29) is 13.2 Å². The van der Waals surface area contributed by atoms with Gasteiger partial charge in [0, 0.05) is 11.5 Å². The number of nitrogens with one attached hydrogen (secondary N) is 1. The van der Waals surface area contributed by atoms with E-state index in [2.05, 4.69) is 15.5 Å². The second-order valence-electron chi connectivity index (χ2n) is 7.08. The van der Waals surface area contributed by atoms with Crippen LogP contribution in [-0.2, 0) is 21.0 Å². The van der Waals surface area contributed by atoms with Gasteiger partial charge >= 0.3 is 6.09 Å². The first kappa shape index (κ1) is 20.5. The minimum absolute atomic E-state index is 0.113. The van der Waals surface area contributed by atoms with Crippen LogP contribution in [0.3, 0.4) is 0 Å². The molecule has 2 rings (SSSR count). The van der Waals surface area contributed by atoms with Crippen LogP contribution in [0.25, 0.3) is 10.4 Å². The zero-order valence-corrected chi connectivity index (χ0v) is 15.4. The van der Waals surface area contributed by atoms with E-state index in [0.717, 1.165) is 10.5 Å². The standard InChI is InChI=1S/C17H23N5O5/c1-17(2,3)27-16(25)22-9-12(19-21-18)14(23)13(22)15(24)20-26-10-11-7-5-4-6-8-11/h4-8,12-14,23H,9-10H2,1-3H3,(H,20,24)/t12-,13+,14+/m1/s1. The van der Waals surface area contributed by atoms with Crippen LogP contribution >= 0.6 is 0 Å². The molecule has 27 heavy (non-hydrogen) atoms. The molecule has 1 aliphatic heterocycles. The Morgan fingerprint density at radius 2 is 2.04 bits per heavy atom. The van der Waals surface area contributed by atoms with Crippen LogP contribution in [0, 0.1) is 0 Å². The number of ether oxygens (including phenoxy) is 1. The third kappa shape index (κ3) is 5.58. The fraction of sp³-hybridized carbons (Fsp3) is 0.529. The zero-order chi connectivity index (χ0) is 20.0. The summed E-state index contributed by atoms with van der Waals surface area (Å²) in [4.78, 5) is 33.8. The van der Waals surface area contributed by atoms with Gasteiger partial charge in [0.25, 0.3) is 5.91 Å². The largest absolute Gasteiger partial charge is 0.444 e. The molecule has 0 radical (unpaired) electrons. The summed E-state index contributed by atoms with van der Waals surface area (Å²) in [5.74, 6) is -0.736. The number of likely N-dealkylation sites (tertiary alicyclic amines) is 1. The maximum atomic E-state index is 12.5. The van der Waals surface area contributed by atoms with Gasteiger partial charge in [-0.3, -0.25) is 14.5 Å². The lowest BCUT2D eigenvalue weighted by molar-refractivity contribution is -0.141. The van der Waals surface area contributed by atoms with E-state index < -0.39 is 35.8 Å². The summed E-state index contributed by atoms with van der Waals surface area (Å²) in [6.45, 7) is 5.01. The highest BCUT2D eigenvalue weighted by molar-refractivity contribution is 5.86. The minimum Gasteiger partial charge on any atom is -0.444 e. The summed E-state index contributed by atoms with van der Waals surface area (Å²) < 4.78 is 5.27. The zero-order valence-electron chi connectivity index (χ0n) is 15.4. The van der Waals surface area contributed by atoms with Crippen LogP contribution < -0.4 is 5.48 Å². The Kier molecular flexibility index (Phi) is 6.62. The number of carbonyl (C=O) groups is 2. The average Bonchev–Trinajstić information content (AvgIpc) is 2.92. The van der Waals surface area contributed by atoms with Crippen molar-refractivity contribution in [2.24, 2.45) is 5.11 Å². The highest BCUT2D eigenvalue weighted by atomic mass is 16.7. The van der Waals surface area contributed by atoms with Crippen molar-refractivity contribution in [3.8, 4) is 0 Å². The molecule has 2 amide bonds. The SMILES string of the molecule is CC(C)(C)OC(=O)N1C[C@@H](N=[N+]=[N-])[C@H](O)[C@H]1C(=O)NOCc1ccccc1. The van der Waals surface area contributed by atoms with Gasteiger partial charge in [-0.05, 0) is 31.9 Å². The molecule has 10 heteroatoms. The Morgan fingerprint density at radius 3 is 2.63 bits per heavy atom. The summed E-state index contributed by atoms with van der Waals surface area (Å²) in [6, 6.07) is 6.89. The van der Waals surface area contributed by atoms with Crippen molar-refractivity contribution in [1.29, 1.82) is 0 Å². The fourth-order valence-corrected chi connectivity index (χ4v) is 2.62. The third-order valence-electron chi connectivity index (χ3n) is 3.79. The Balaban J connectivity index is 2.07. The molecule has 1 aromatic rings. The Hall–Kier alpha value is -2.81. The molecule has 10 nitrogen and oxygen atoms in total. The number of nitrogens with zero attached hydrogens (tertiary/aromatic N) is 4. The Morgan fingerprint density at radius 1 is 1.37 bits per heavy atom. The minimum atomic E-state index is -1.38. The summed E-state index contributed by atoms with van der Waals surface area (Å²) in [7, 11) is 0. The fourth-order valence-electron chi connectivity index (χ4n) is 2.62. The molecule has 1 saturated heterocycles. The molecule has 0 bridgehead atoms. The molecule has 1 heterocycles. The molecule has 2 N–H and O–H groups in total. The molecule has 0 unspecified atom stereocenters. The third-order valence-corrected chi connectivity index (χ3v) is 3.79. The van der Waals surface area contributed by atoms with Gasteiger partial charge in [-0.2, -0.15) is 0 Å². The smallest absolute Gasteiger partial charge is 0.411 e. The van der Waals surface area contributed by atoms with Crippen LogP contribution in [0.5, 0.6) is 0 Å². The Labute approximate surface area is 156 Å². The normalized spacial score (nSPS) is 22.1.